The molecule has 0 saturated heterocycles. The van der Waals surface area contributed by atoms with Gasteiger partial charge in [0.25, 0.3) is 0 Å². The van der Waals surface area contributed by atoms with Crippen LogP contribution >= 0.6 is 0 Å². The van der Waals surface area contributed by atoms with Gasteiger partial charge in [0.05, 0.1) is 0 Å². The molecule has 2 heteroatoms. The Bertz CT molecular complexity index is 529. The first-order valence-electron chi connectivity index (χ1n) is 6.09. The van der Waals surface area contributed by atoms with Crippen molar-refractivity contribution in [3.63, 3.8) is 0 Å². The van der Waals surface area contributed by atoms with Crippen molar-refractivity contribution >= 4 is 5.69 Å². The van der Waals surface area contributed by atoms with E-state index in [1.54, 1.807) is 0 Å². The average molecular weight is 241 g/mol. The second-order valence-electron chi connectivity index (χ2n) is 4.69. The third-order valence-electron chi connectivity index (χ3n) is 3.14. The molecule has 0 N–H and O–H groups in total. The molecule has 2 aromatic rings. The maximum absolute atomic E-state index is 5.91. The predicted molar refractivity (Wildman–Crippen MR) is 76.8 cm³/mol. The zero-order chi connectivity index (χ0) is 13.1. The normalized spacial score (nSPS) is 10.2. The highest BCUT2D eigenvalue weighted by molar-refractivity contribution is 5.49. The van der Waals surface area contributed by atoms with Gasteiger partial charge in [0.2, 0.25) is 0 Å². The van der Waals surface area contributed by atoms with Crippen molar-refractivity contribution in [2.75, 3.05) is 19.0 Å². The lowest BCUT2D eigenvalue weighted by Gasteiger charge is -2.14. The first kappa shape index (κ1) is 12.5. The van der Waals surface area contributed by atoms with Crippen molar-refractivity contribution in [2.24, 2.45) is 0 Å². The van der Waals surface area contributed by atoms with Crippen molar-refractivity contribution in [2.45, 2.75) is 13.8 Å². The molecule has 0 saturated carbocycles. The summed E-state index contributed by atoms with van der Waals surface area (Å²) in [7, 11) is 4.06. The second kappa shape index (κ2) is 5.13. The van der Waals surface area contributed by atoms with Crippen LogP contribution in [0.2, 0.25) is 0 Å². The summed E-state index contributed by atoms with van der Waals surface area (Å²) < 4.78 is 5.91. The van der Waals surface area contributed by atoms with Crippen LogP contribution in [0, 0.1) is 13.8 Å². The molecule has 2 nitrogen and oxygen atoms in total. The van der Waals surface area contributed by atoms with Crippen molar-refractivity contribution < 1.29 is 4.74 Å². The van der Waals surface area contributed by atoms with E-state index in [4.69, 9.17) is 4.74 Å². The van der Waals surface area contributed by atoms with Crippen LogP contribution in [-0.2, 0) is 0 Å². The van der Waals surface area contributed by atoms with Crippen molar-refractivity contribution in [3.8, 4) is 11.5 Å². The third kappa shape index (κ3) is 2.65. The van der Waals surface area contributed by atoms with E-state index in [2.05, 4.69) is 36.9 Å². The van der Waals surface area contributed by atoms with Crippen LogP contribution in [0.1, 0.15) is 11.1 Å². The minimum atomic E-state index is 0.870. The summed E-state index contributed by atoms with van der Waals surface area (Å²) >= 11 is 0. The number of benzene rings is 2. The molecule has 0 unspecified atom stereocenters. The van der Waals surface area contributed by atoms with E-state index in [0.29, 0.717) is 0 Å². The molecular weight excluding hydrogens is 222 g/mol. The minimum absolute atomic E-state index is 0.870. The Morgan fingerprint density at radius 3 is 2.17 bits per heavy atom. The number of rotatable bonds is 3. The van der Waals surface area contributed by atoms with Gasteiger partial charge in [0.1, 0.15) is 11.5 Å². The highest BCUT2D eigenvalue weighted by Gasteiger charge is 2.03. The van der Waals surface area contributed by atoms with Crippen LogP contribution in [0.15, 0.2) is 42.5 Å². The molecule has 0 amide bonds. The van der Waals surface area contributed by atoms with Gasteiger partial charge in [-0.1, -0.05) is 12.1 Å². The van der Waals surface area contributed by atoms with Crippen LogP contribution in [0.3, 0.4) is 0 Å². The molecule has 0 atom stereocenters. The third-order valence-corrected chi connectivity index (χ3v) is 3.14. The van der Waals surface area contributed by atoms with Gasteiger partial charge < -0.3 is 9.64 Å². The summed E-state index contributed by atoms with van der Waals surface area (Å²) in [5, 5.41) is 0. The summed E-state index contributed by atoms with van der Waals surface area (Å²) in [6.07, 6.45) is 0. The lowest BCUT2D eigenvalue weighted by Crippen LogP contribution is -2.07. The molecule has 0 aliphatic rings. The lowest BCUT2D eigenvalue weighted by molar-refractivity contribution is 0.478. The van der Waals surface area contributed by atoms with E-state index in [0.717, 1.165) is 11.5 Å². The maximum Gasteiger partial charge on any atom is 0.130 e. The average Bonchev–Trinajstić information content (AvgIpc) is 2.36. The Hall–Kier alpha value is -1.96. The largest absolute Gasteiger partial charge is 0.457 e. The Labute approximate surface area is 109 Å². The molecule has 0 radical (unpaired) electrons. The van der Waals surface area contributed by atoms with Gasteiger partial charge >= 0.3 is 0 Å². The molecule has 0 aliphatic heterocycles. The summed E-state index contributed by atoms with van der Waals surface area (Å²) in [6.45, 7) is 4.18. The van der Waals surface area contributed by atoms with Gasteiger partial charge in [-0.3, -0.25) is 0 Å². The van der Waals surface area contributed by atoms with Crippen LogP contribution in [0.5, 0.6) is 11.5 Å². The highest BCUT2D eigenvalue weighted by atomic mass is 16.5. The predicted octanol–water partition coefficient (Wildman–Crippen LogP) is 4.16. The number of anilines is 1. The monoisotopic (exact) mass is 241 g/mol. The molecule has 0 fully saturated rings. The summed E-state index contributed by atoms with van der Waals surface area (Å²) in [6, 6.07) is 14.2. The number of hydrogen-bond donors (Lipinski definition) is 0. The molecule has 94 valence electrons. The van der Waals surface area contributed by atoms with Crippen LogP contribution < -0.4 is 9.64 Å². The van der Waals surface area contributed by atoms with Gasteiger partial charge in [0, 0.05) is 19.8 Å². The Morgan fingerprint density at radius 2 is 1.56 bits per heavy atom. The van der Waals surface area contributed by atoms with E-state index < -0.39 is 0 Å². The molecule has 0 spiro atoms. The van der Waals surface area contributed by atoms with Gasteiger partial charge in [0.15, 0.2) is 0 Å². The van der Waals surface area contributed by atoms with E-state index >= 15 is 0 Å². The Kier molecular flexibility index (Phi) is 3.56. The first-order chi connectivity index (χ1) is 8.58. The van der Waals surface area contributed by atoms with Crippen molar-refractivity contribution in [1.29, 1.82) is 0 Å². The fraction of sp³-hybridized carbons (Fsp3) is 0.250. The number of hydrogen-bond acceptors (Lipinski definition) is 2. The van der Waals surface area contributed by atoms with E-state index in [1.165, 1.54) is 16.8 Å². The van der Waals surface area contributed by atoms with Gasteiger partial charge in [-0.25, -0.2) is 0 Å². The second-order valence-corrected chi connectivity index (χ2v) is 4.69. The van der Waals surface area contributed by atoms with Crippen LogP contribution in [0.25, 0.3) is 0 Å². The summed E-state index contributed by atoms with van der Waals surface area (Å²) in [5.41, 5.74) is 3.61. The zero-order valence-corrected chi connectivity index (χ0v) is 11.4. The number of nitrogens with zero attached hydrogens (tertiary/aromatic N) is 1. The van der Waals surface area contributed by atoms with Gasteiger partial charge in [-0.05, 0) is 55.3 Å². The molecule has 0 aromatic heterocycles. The van der Waals surface area contributed by atoms with Crippen LogP contribution in [0.4, 0.5) is 5.69 Å². The lowest BCUT2D eigenvalue weighted by atomic mass is 10.1. The topological polar surface area (TPSA) is 12.5 Å². The molecule has 18 heavy (non-hydrogen) atoms. The van der Waals surface area contributed by atoms with E-state index in [-0.39, 0.29) is 0 Å². The molecule has 2 rings (SSSR count). The number of aryl methyl sites for hydroxylation is 1. The van der Waals surface area contributed by atoms with Gasteiger partial charge in [-0.15, -0.1) is 0 Å². The first-order valence-corrected chi connectivity index (χ1v) is 6.09. The summed E-state index contributed by atoms with van der Waals surface area (Å²) in [4.78, 5) is 2.07. The SMILES string of the molecule is Cc1cccc(Oc2ccc(N(C)C)cc2)c1C. The standard InChI is InChI=1S/C16H19NO/c1-12-6-5-7-16(13(12)2)18-15-10-8-14(9-11-15)17(3)4/h5-11H,1-4H3. The Morgan fingerprint density at radius 1 is 0.889 bits per heavy atom. The molecule has 0 heterocycles. The maximum atomic E-state index is 5.91. The van der Waals surface area contributed by atoms with E-state index in [9.17, 15) is 0 Å². The Balaban J connectivity index is 2.21. The smallest absolute Gasteiger partial charge is 0.130 e. The molecule has 0 aliphatic carbocycles. The fourth-order valence-electron chi connectivity index (χ4n) is 1.77. The molecule has 2 aromatic carbocycles. The quantitative estimate of drug-likeness (QED) is 0.800. The van der Waals surface area contributed by atoms with Crippen molar-refractivity contribution in [3.05, 3.63) is 53.6 Å². The van der Waals surface area contributed by atoms with Crippen molar-refractivity contribution in [1.82, 2.24) is 0 Å². The van der Waals surface area contributed by atoms with Gasteiger partial charge in [-0.2, -0.15) is 0 Å². The minimum Gasteiger partial charge on any atom is -0.457 e. The fourth-order valence-corrected chi connectivity index (χ4v) is 1.77. The van der Waals surface area contributed by atoms with Crippen LogP contribution in [-0.4, -0.2) is 14.1 Å². The molecule has 0 bridgehead atoms. The number of ether oxygens (including phenoxy) is 1. The van der Waals surface area contributed by atoms with E-state index in [1.807, 2.05) is 38.4 Å². The molecular formula is C16H19NO. The zero-order valence-electron chi connectivity index (χ0n) is 11.4. The highest BCUT2D eigenvalue weighted by Crippen LogP contribution is 2.27. The summed E-state index contributed by atoms with van der Waals surface area (Å²) in [5.74, 6) is 1.79.